The molecule has 0 aliphatic heterocycles. The van der Waals surface area contributed by atoms with E-state index in [9.17, 15) is 0 Å². The largest absolute Gasteiger partial charge is 0.323 e. The van der Waals surface area contributed by atoms with Crippen LogP contribution in [0.15, 0.2) is 45.4 Å². The molecule has 0 fully saturated rings. The van der Waals surface area contributed by atoms with Crippen LogP contribution in [0, 0.1) is 0 Å². The van der Waals surface area contributed by atoms with Crippen LogP contribution in [-0.2, 0) is 6.54 Å². The Balaban J connectivity index is 2.48. The van der Waals surface area contributed by atoms with Crippen molar-refractivity contribution in [2.75, 3.05) is 0 Å². The second kappa shape index (κ2) is 6.61. The molecule has 2 N–H and O–H groups in total. The standard InChI is InChI=1S/C15H20N4S/c1-4-19-13(10-17-16)18-14(11(2)3)15(19)20-12-8-6-5-7-9-12/h5-11H,4,16H2,1-3H3. The predicted molar refractivity (Wildman–Crippen MR) is 84.3 cm³/mol. The van der Waals surface area contributed by atoms with Crippen LogP contribution < -0.4 is 5.84 Å². The minimum absolute atomic E-state index is 0.360. The Morgan fingerprint density at radius 3 is 2.60 bits per heavy atom. The normalized spacial score (nSPS) is 11.6. The molecular formula is C15H20N4S. The highest BCUT2D eigenvalue weighted by molar-refractivity contribution is 7.99. The number of imidazole rings is 1. The van der Waals surface area contributed by atoms with Gasteiger partial charge in [0.25, 0.3) is 0 Å². The third-order valence-corrected chi connectivity index (χ3v) is 4.12. The summed E-state index contributed by atoms with van der Waals surface area (Å²) in [5.41, 5.74) is 1.09. The van der Waals surface area contributed by atoms with E-state index < -0.39 is 0 Å². The van der Waals surface area contributed by atoms with E-state index in [1.54, 1.807) is 18.0 Å². The number of hydrogen-bond acceptors (Lipinski definition) is 4. The average Bonchev–Trinajstić information content (AvgIpc) is 2.78. The Labute approximate surface area is 124 Å². The molecule has 2 rings (SSSR count). The molecule has 1 heterocycles. The first-order valence-electron chi connectivity index (χ1n) is 6.74. The Bertz CT molecular complexity index is 587. The maximum absolute atomic E-state index is 5.28. The average molecular weight is 288 g/mol. The van der Waals surface area contributed by atoms with Crippen LogP contribution in [0.4, 0.5) is 0 Å². The van der Waals surface area contributed by atoms with Gasteiger partial charge in [0.15, 0.2) is 5.82 Å². The van der Waals surface area contributed by atoms with E-state index in [2.05, 4.69) is 47.6 Å². The van der Waals surface area contributed by atoms with Crippen LogP contribution in [-0.4, -0.2) is 15.8 Å². The van der Waals surface area contributed by atoms with Gasteiger partial charge in [-0.15, -0.1) is 0 Å². The lowest BCUT2D eigenvalue weighted by Gasteiger charge is -2.10. The second-order valence-corrected chi connectivity index (χ2v) is 5.81. The molecule has 5 heteroatoms. The van der Waals surface area contributed by atoms with E-state index in [4.69, 9.17) is 5.84 Å². The molecule has 0 radical (unpaired) electrons. The fourth-order valence-electron chi connectivity index (χ4n) is 2.03. The molecule has 0 atom stereocenters. The van der Waals surface area contributed by atoms with Crippen molar-refractivity contribution in [3.8, 4) is 0 Å². The van der Waals surface area contributed by atoms with Gasteiger partial charge in [0.2, 0.25) is 0 Å². The molecule has 2 aromatic rings. The third-order valence-electron chi connectivity index (χ3n) is 2.99. The van der Waals surface area contributed by atoms with Crippen LogP contribution in [0.3, 0.4) is 0 Å². The van der Waals surface area contributed by atoms with Crippen molar-refractivity contribution in [1.29, 1.82) is 0 Å². The number of nitrogens with zero attached hydrogens (tertiary/aromatic N) is 3. The zero-order chi connectivity index (χ0) is 14.5. The number of rotatable bonds is 5. The first-order valence-corrected chi connectivity index (χ1v) is 7.55. The summed E-state index contributed by atoms with van der Waals surface area (Å²) in [6.07, 6.45) is 1.62. The van der Waals surface area contributed by atoms with Gasteiger partial charge in [0, 0.05) is 11.4 Å². The summed E-state index contributed by atoms with van der Waals surface area (Å²) in [5.74, 6) is 6.46. The highest BCUT2D eigenvalue weighted by atomic mass is 32.2. The quantitative estimate of drug-likeness (QED) is 0.520. The Hall–Kier alpha value is -1.75. The lowest BCUT2D eigenvalue weighted by Crippen LogP contribution is -2.03. The van der Waals surface area contributed by atoms with Crippen molar-refractivity contribution >= 4 is 18.0 Å². The van der Waals surface area contributed by atoms with Crippen molar-refractivity contribution in [2.24, 2.45) is 10.9 Å². The third kappa shape index (κ3) is 3.04. The Kier molecular flexibility index (Phi) is 4.84. The van der Waals surface area contributed by atoms with Crippen molar-refractivity contribution in [3.05, 3.63) is 41.9 Å². The smallest absolute Gasteiger partial charge is 0.154 e. The van der Waals surface area contributed by atoms with Gasteiger partial charge in [0.05, 0.1) is 11.9 Å². The number of nitrogens with two attached hydrogens (primary N) is 1. The van der Waals surface area contributed by atoms with Crippen molar-refractivity contribution in [3.63, 3.8) is 0 Å². The Morgan fingerprint density at radius 1 is 1.35 bits per heavy atom. The van der Waals surface area contributed by atoms with Gasteiger partial charge in [-0.1, -0.05) is 43.8 Å². The van der Waals surface area contributed by atoms with Gasteiger partial charge >= 0.3 is 0 Å². The van der Waals surface area contributed by atoms with E-state index in [0.717, 1.165) is 18.1 Å². The fraction of sp³-hybridized carbons (Fsp3) is 0.333. The van der Waals surface area contributed by atoms with Crippen molar-refractivity contribution in [2.45, 2.75) is 43.2 Å². The maximum atomic E-state index is 5.28. The van der Waals surface area contributed by atoms with Gasteiger partial charge < -0.3 is 10.4 Å². The monoisotopic (exact) mass is 288 g/mol. The van der Waals surface area contributed by atoms with E-state index in [1.165, 1.54) is 9.92 Å². The first kappa shape index (κ1) is 14.7. The SMILES string of the molecule is CCn1c(C=NN)nc(C(C)C)c1Sc1ccccc1. The molecule has 20 heavy (non-hydrogen) atoms. The molecule has 0 aliphatic rings. The summed E-state index contributed by atoms with van der Waals surface area (Å²) < 4.78 is 2.16. The summed E-state index contributed by atoms with van der Waals surface area (Å²) in [4.78, 5) is 5.89. The molecule has 0 saturated heterocycles. The van der Waals surface area contributed by atoms with E-state index >= 15 is 0 Å². The van der Waals surface area contributed by atoms with E-state index in [-0.39, 0.29) is 0 Å². The molecule has 1 aromatic heterocycles. The van der Waals surface area contributed by atoms with Crippen LogP contribution in [0.2, 0.25) is 0 Å². The summed E-state index contributed by atoms with van der Waals surface area (Å²) in [6, 6.07) is 10.3. The van der Waals surface area contributed by atoms with Gasteiger partial charge in [0.1, 0.15) is 5.03 Å². The molecule has 0 spiro atoms. The van der Waals surface area contributed by atoms with Gasteiger partial charge in [-0.05, 0) is 25.0 Å². The summed E-state index contributed by atoms with van der Waals surface area (Å²) >= 11 is 1.74. The lowest BCUT2D eigenvalue weighted by molar-refractivity contribution is 0.679. The molecule has 0 unspecified atom stereocenters. The fourth-order valence-corrected chi connectivity index (χ4v) is 3.26. The molecule has 1 aromatic carbocycles. The van der Waals surface area contributed by atoms with Gasteiger partial charge in [-0.2, -0.15) is 5.10 Å². The van der Waals surface area contributed by atoms with Gasteiger partial charge in [-0.25, -0.2) is 4.98 Å². The topological polar surface area (TPSA) is 56.2 Å². The molecule has 0 bridgehead atoms. The lowest BCUT2D eigenvalue weighted by atomic mass is 10.1. The zero-order valence-electron chi connectivity index (χ0n) is 12.1. The molecule has 0 amide bonds. The highest BCUT2D eigenvalue weighted by Crippen LogP contribution is 2.34. The molecule has 0 aliphatic carbocycles. The first-order chi connectivity index (χ1) is 9.67. The number of aromatic nitrogens is 2. The minimum atomic E-state index is 0.360. The van der Waals surface area contributed by atoms with Crippen LogP contribution in [0.5, 0.6) is 0 Å². The van der Waals surface area contributed by atoms with Crippen molar-refractivity contribution in [1.82, 2.24) is 9.55 Å². The Morgan fingerprint density at radius 2 is 2.05 bits per heavy atom. The number of hydrazone groups is 1. The zero-order valence-corrected chi connectivity index (χ0v) is 12.9. The molecular weight excluding hydrogens is 268 g/mol. The molecule has 106 valence electrons. The highest BCUT2D eigenvalue weighted by Gasteiger charge is 2.18. The van der Waals surface area contributed by atoms with Crippen LogP contribution >= 0.6 is 11.8 Å². The summed E-state index contributed by atoms with van der Waals surface area (Å²) in [5, 5.41) is 4.79. The molecule has 4 nitrogen and oxygen atoms in total. The number of hydrogen-bond donors (Lipinski definition) is 1. The van der Waals surface area contributed by atoms with E-state index in [0.29, 0.717) is 5.92 Å². The second-order valence-electron chi connectivity index (χ2n) is 4.75. The summed E-state index contributed by atoms with van der Waals surface area (Å²) in [6.45, 7) is 7.26. The number of benzene rings is 1. The predicted octanol–water partition coefficient (Wildman–Crippen LogP) is 3.47. The van der Waals surface area contributed by atoms with Crippen LogP contribution in [0.1, 0.15) is 38.2 Å². The van der Waals surface area contributed by atoms with Gasteiger partial charge in [-0.3, -0.25) is 0 Å². The molecule has 0 saturated carbocycles. The van der Waals surface area contributed by atoms with Crippen molar-refractivity contribution < 1.29 is 0 Å². The summed E-state index contributed by atoms with van der Waals surface area (Å²) in [7, 11) is 0. The van der Waals surface area contributed by atoms with E-state index in [1.807, 2.05) is 18.2 Å². The maximum Gasteiger partial charge on any atom is 0.154 e. The minimum Gasteiger partial charge on any atom is -0.323 e. The van der Waals surface area contributed by atoms with Crippen LogP contribution in [0.25, 0.3) is 0 Å².